The molecule has 144 valence electrons. The summed E-state index contributed by atoms with van der Waals surface area (Å²) in [4.78, 5) is 20.9. The number of hydrogen-bond donors (Lipinski definition) is 2. The minimum atomic E-state index is -0.281. The van der Waals surface area contributed by atoms with Crippen LogP contribution in [0.5, 0.6) is 0 Å². The molecule has 1 aromatic carbocycles. The Kier molecular flexibility index (Phi) is 5.27. The van der Waals surface area contributed by atoms with Gasteiger partial charge in [-0.2, -0.15) is 0 Å². The molecule has 3 aromatic rings. The molecule has 0 saturated carbocycles. The molecule has 2 aromatic heterocycles. The Morgan fingerprint density at radius 3 is 2.68 bits per heavy atom. The lowest BCUT2D eigenvalue weighted by Gasteiger charge is -2.19. The molecule has 8 heteroatoms. The van der Waals surface area contributed by atoms with Gasteiger partial charge in [-0.1, -0.05) is 30.3 Å². The SMILES string of the molecule is CC(NC(=O)NCc1ncc(-c2ccccc2)cn1)c1nnc2n1CCCC2. The number of fused-ring (bicyclic) bond motifs is 1. The van der Waals surface area contributed by atoms with Gasteiger partial charge in [-0.15, -0.1) is 10.2 Å². The first-order chi connectivity index (χ1) is 13.7. The van der Waals surface area contributed by atoms with E-state index in [1.807, 2.05) is 37.3 Å². The number of amides is 2. The van der Waals surface area contributed by atoms with Crippen molar-refractivity contribution in [1.29, 1.82) is 0 Å². The second kappa shape index (κ2) is 8.16. The van der Waals surface area contributed by atoms with Crippen LogP contribution < -0.4 is 10.6 Å². The van der Waals surface area contributed by atoms with Gasteiger partial charge in [-0.25, -0.2) is 14.8 Å². The molecule has 0 aliphatic carbocycles. The molecule has 1 unspecified atom stereocenters. The summed E-state index contributed by atoms with van der Waals surface area (Å²) >= 11 is 0. The van der Waals surface area contributed by atoms with Gasteiger partial charge in [0.25, 0.3) is 0 Å². The lowest BCUT2D eigenvalue weighted by atomic mass is 10.1. The van der Waals surface area contributed by atoms with Crippen LogP contribution in [-0.4, -0.2) is 30.8 Å². The van der Waals surface area contributed by atoms with Crippen molar-refractivity contribution in [1.82, 2.24) is 35.4 Å². The molecule has 2 N–H and O–H groups in total. The van der Waals surface area contributed by atoms with E-state index < -0.39 is 0 Å². The molecule has 1 aliphatic rings. The van der Waals surface area contributed by atoms with E-state index >= 15 is 0 Å². The molecule has 28 heavy (non-hydrogen) atoms. The molecule has 4 rings (SSSR count). The zero-order valence-electron chi connectivity index (χ0n) is 15.8. The van der Waals surface area contributed by atoms with Crippen LogP contribution in [0.1, 0.15) is 43.3 Å². The van der Waals surface area contributed by atoms with Crippen LogP contribution in [0, 0.1) is 0 Å². The van der Waals surface area contributed by atoms with E-state index in [2.05, 4.69) is 35.4 Å². The number of hydrogen-bond acceptors (Lipinski definition) is 5. The first-order valence-electron chi connectivity index (χ1n) is 9.53. The summed E-state index contributed by atoms with van der Waals surface area (Å²) < 4.78 is 2.11. The molecule has 0 spiro atoms. The minimum absolute atomic E-state index is 0.222. The van der Waals surface area contributed by atoms with Gasteiger partial charge in [0, 0.05) is 30.9 Å². The predicted molar refractivity (Wildman–Crippen MR) is 104 cm³/mol. The first kappa shape index (κ1) is 18.1. The summed E-state index contributed by atoms with van der Waals surface area (Å²) in [7, 11) is 0. The van der Waals surface area contributed by atoms with Gasteiger partial charge >= 0.3 is 6.03 Å². The third kappa shape index (κ3) is 4.00. The zero-order valence-corrected chi connectivity index (χ0v) is 15.8. The molecular formula is C20H23N7O. The fourth-order valence-electron chi connectivity index (χ4n) is 3.35. The maximum atomic E-state index is 12.2. The van der Waals surface area contributed by atoms with Crippen molar-refractivity contribution >= 4 is 6.03 Å². The highest BCUT2D eigenvalue weighted by atomic mass is 16.2. The Morgan fingerprint density at radius 2 is 1.89 bits per heavy atom. The van der Waals surface area contributed by atoms with E-state index in [4.69, 9.17) is 0 Å². The summed E-state index contributed by atoms with van der Waals surface area (Å²) in [6, 6.07) is 9.43. The van der Waals surface area contributed by atoms with Crippen molar-refractivity contribution in [2.75, 3.05) is 0 Å². The highest BCUT2D eigenvalue weighted by molar-refractivity contribution is 5.74. The van der Waals surface area contributed by atoms with Gasteiger partial charge < -0.3 is 15.2 Å². The van der Waals surface area contributed by atoms with E-state index in [1.165, 1.54) is 0 Å². The van der Waals surface area contributed by atoms with E-state index in [1.54, 1.807) is 12.4 Å². The monoisotopic (exact) mass is 377 g/mol. The maximum absolute atomic E-state index is 12.2. The highest BCUT2D eigenvalue weighted by Crippen LogP contribution is 2.19. The number of carbonyl (C=O) groups is 1. The average Bonchev–Trinajstić information content (AvgIpc) is 3.18. The minimum Gasteiger partial charge on any atom is -0.331 e. The lowest BCUT2D eigenvalue weighted by Crippen LogP contribution is -2.38. The van der Waals surface area contributed by atoms with Crippen LogP contribution >= 0.6 is 0 Å². The molecule has 1 aliphatic heterocycles. The molecule has 8 nitrogen and oxygen atoms in total. The smallest absolute Gasteiger partial charge is 0.315 e. The Balaban J connectivity index is 1.31. The van der Waals surface area contributed by atoms with E-state index in [-0.39, 0.29) is 18.6 Å². The van der Waals surface area contributed by atoms with Crippen LogP contribution in [0.15, 0.2) is 42.7 Å². The summed E-state index contributed by atoms with van der Waals surface area (Å²) in [5.41, 5.74) is 2.00. The topological polar surface area (TPSA) is 97.6 Å². The molecule has 0 fully saturated rings. The maximum Gasteiger partial charge on any atom is 0.315 e. The van der Waals surface area contributed by atoms with E-state index in [0.29, 0.717) is 5.82 Å². The molecular weight excluding hydrogens is 354 g/mol. The number of benzene rings is 1. The third-order valence-corrected chi connectivity index (χ3v) is 4.84. The van der Waals surface area contributed by atoms with E-state index in [9.17, 15) is 4.79 Å². The van der Waals surface area contributed by atoms with Crippen LogP contribution in [0.2, 0.25) is 0 Å². The fraction of sp³-hybridized carbons (Fsp3) is 0.350. The first-order valence-corrected chi connectivity index (χ1v) is 9.53. The number of carbonyl (C=O) groups excluding carboxylic acids is 1. The van der Waals surface area contributed by atoms with Gasteiger partial charge in [-0.05, 0) is 25.3 Å². The summed E-state index contributed by atoms with van der Waals surface area (Å²) in [5, 5.41) is 14.2. The Bertz CT molecular complexity index is 937. The molecule has 1 atom stereocenters. The van der Waals surface area contributed by atoms with E-state index in [0.717, 1.165) is 48.6 Å². The Morgan fingerprint density at radius 1 is 1.11 bits per heavy atom. The number of aryl methyl sites for hydroxylation is 1. The average molecular weight is 377 g/mol. The zero-order chi connectivity index (χ0) is 19.3. The van der Waals surface area contributed by atoms with Crippen molar-refractivity contribution in [3.8, 4) is 11.1 Å². The molecule has 0 saturated heterocycles. The van der Waals surface area contributed by atoms with Crippen LogP contribution in [0.4, 0.5) is 4.79 Å². The second-order valence-electron chi connectivity index (χ2n) is 6.89. The fourth-order valence-corrected chi connectivity index (χ4v) is 3.35. The molecule has 3 heterocycles. The molecule has 0 bridgehead atoms. The number of nitrogens with zero attached hydrogens (tertiary/aromatic N) is 5. The van der Waals surface area contributed by atoms with Gasteiger partial charge in [0.1, 0.15) is 11.6 Å². The highest BCUT2D eigenvalue weighted by Gasteiger charge is 2.21. The van der Waals surface area contributed by atoms with Crippen molar-refractivity contribution in [2.24, 2.45) is 0 Å². The Labute approximate surface area is 163 Å². The van der Waals surface area contributed by atoms with Crippen LogP contribution in [0.25, 0.3) is 11.1 Å². The van der Waals surface area contributed by atoms with Gasteiger partial charge in [0.2, 0.25) is 0 Å². The standard InChI is InChI=1S/C20H23N7O/c1-14(19-26-25-18-9-5-6-10-27(18)19)24-20(28)23-13-17-21-11-16(12-22-17)15-7-3-2-4-8-15/h2-4,7-8,11-12,14H,5-6,9-10,13H2,1H3,(H2,23,24,28). The quantitative estimate of drug-likeness (QED) is 0.712. The Hall–Kier alpha value is -3.29. The number of rotatable bonds is 5. The van der Waals surface area contributed by atoms with Crippen molar-refractivity contribution in [3.05, 3.63) is 60.2 Å². The number of aromatic nitrogens is 5. The summed E-state index contributed by atoms with van der Waals surface area (Å²) in [6.45, 7) is 3.08. The van der Waals surface area contributed by atoms with Gasteiger partial charge in [0.05, 0.1) is 12.6 Å². The third-order valence-electron chi connectivity index (χ3n) is 4.84. The summed E-state index contributed by atoms with van der Waals surface area (Å²) in [6.07, 6.45) is 6.74. The summed E-state index contributed by atoms with van der Waals surface area (Å²) in [5.74, 6) is 2.36. The van der Waals surface area contributed by atoms with Crippen LogP contribution in [0.3, 0.4) is 0 Å². The lowest BCUT2D eigenvalue weighted by molar-refractivity contribution is 0.236. The number of urea groups is 1. The van der Waals surface area contributed by atoms with Crippen molar-refractivity contribution < 1.29 is 4.79 Å². The molecule has 0 radical (unpaired) electrons. The van der Waals surface area contributed by atoms with Crippen molar-refractivity contribution in [2.45, 2.75) is 45.3 Å². The normalized spacial score (nSPS) is 14.2. The van der Waals surface area contributed by atoms with Crippen LogP contribution in [-0.2, 0) is 19.5 Å². The largest absolute Gasteiger partial charge is 0.331 e. The van der Waals surface area contributed by atoms with Gasteiger partial charge in [0.15, 0.2) is 5.82 Å². The second-order valence-corrected chi connectivity index (χ2v) is 6.89. The van der Waals surface area contributed by atoms with Crippen molar-refractivity contribution in [3.63, 3.8) is 0 Å². The van der Waals surface area contributed by atoms with Gasteiger partial charge in [-0.3, -0.25) is 0 Å². The molecule has 2 amide bonds. The number of nitrogens with one attached hydrogen (secondary N) is 2. The predicted octanol–water partition coefficient (Wildman–Crippen LogP) is 2.63.